The summed E-state index contributed by atoms with van der Waals surface area (Å²) in [5, 5.41) is 13.0. The van der Waals surface area contributed by atoms with Crippen molar-refractivity contribution in [1.82, 2.24) is 10.2 Å². The lowest BCUT2D eigenvalue weighted by molar-refractivity contribution is 0.178. The molecule has 2 unspecified atom stereocenters. The van der Waals surface area contributed by atoms with E-state index in [0.717, 1.165) is 19.0 Å². The van der Waals surface area contributed by atoms with Crippen LogP contribution in [0.1, 0.15) is 65.2 Å². The molecule has 0 radical (unpaired) electrons. The number of nitrogens with one attached hydrogen (secondary N) is 1. The fraction of sp³-hybridized carbons (Fsp3) is 0.938. The predicted octanol–water partition coefficient (Wildman–Crippen LogP) is 3.07. The van der Waals surface area contributed by atoms with Crippen LogP contribution in [-0.4, -0.2) is 35.6 Å². The molecule has 1 heterocycles. The molecule has 0 aromatic rings. The zero-order valence-electron chi connectivity index (χ0n) is 12.6. The van der Waals surface area contributed by atoms with Crippen molar-refractivity contribution in [3.05, 3.63) is 0 Å². The molecule has 2 fully saturated rings. The normalized spacial score (nSPS) is 28.4. The highest BCUT2D eigenvalue weighted by atomic mass is 15.2. The predicted molar refractivity (Wildman–Crippen MR) is 78.9 cm³/mol. The number of likely N-dealkylation sites (tertiary alicyclic amines) is 1. The lowest BCUT2D eigenvalue weighted by Gasteiger charge is -2.32. The minimum atomic E-state index is -0.328. The number of nitriles is 1. The number of hydrogen-bond donors (Lipinski definition) is 1. The first-order chi connectivity index (χ1) is 9.17. The Kier molecular flexibility index (Phi) is 5.24. The van der Waals surface area contributed by atoms with E-state index in [2.05, 4.69) is 30.1 Å². The summed E-state index contributed by atoms with van der Waals surface area (Å²) >= 11 is 0. The van der Waals surface area contributed by atoms with Crippen LogP contribution in [0.5, 0.6) is 0 Å². The van der Waals surface area contributed by atoms with Gasteiger partial charge in [-0.2, -0.15) is 5.26 Å². The third-order valence-electron chi connectivity index (χ3n) is 4.72. The van der Waals surface area contributed by atoms with Gasteiger partial charge < -0.3 is 4.90 Å². The van der Waals surface area contributed by atoms with E-state index >= 15 is 0 Å². The summed E-state index contributed by atoms with van der Waals surface area (Å²) in [5.74, 6) is 0. The molecule has 0 amide bonds. The largest absolute Gasteiger partial charge is 0.300 e. The van der Waals surface area contributed by atoms with Crippen molar-refractivity contribution >= 4 is 0 Å². The van der Waals surface area contributed by atoms with E-state index in [9.17, 15) is 5.26 Å². The van der Waals surface area contributed by atoms with Crippen LogP contribution >= 0.6 is 0 Å². The lowest BCUT2D eigenvalue weighted by Crippen LogP contribution is -2.46. The molecule has 1 saturated carbocycles. The topological polar surface area (TPSA) is 39.1 Å². The van der Waals surface area contributed by atoms with Gasteiger partial charge in [0.1, 0.15) is 5.54 Å². The fourth-order valence-corrected chi connectivity index (χ4v) is 3.20. The maximum atomic E-state index is 9.44. The number of nitrogens with zero attached hydrogens (tertiary/aromatic N) is 2. The van der Waals surface area contributed by atoms with Crippen molar-refractivity contribution in [2.45, 2.75) is 82.8 Å². The Morgan fingerprint density at radius 2 is 2.05 bits per heavy atom. The summed E-state index contributed by atoms with van der Waals surface area (Å²) in [5.41, 5.74) is -0.328. The van der Waals surface area contributed by atoms with E-state index in [1.54, 1.807) is 0 Å². The first kappa shape index (κ1) is 14.8. The van der Waals surface area contributed by atoms with Crippen LogP contribution in [0, 0.1) is 11.3 Å². The van der Waals surface area contributed by atoms with Crippen LogP contribution < -0.4 is 5.32 Å². The van der Waals surface area contributed by atoms with Crippen LogP contribution in [0.3, 0.4) is 0 Å². The van der Waals surface area contributed by atoms with Crippen molar-refractivity contribution in [3.8, 4) is 6.07 Å². The Hall–Kier alpha value is -0.590. The molecule has 1 saturated heterocycles. The zero-order valence-corrected chi connectivity index (χ0v) is 12.6. The molecular formula is C16H29N3. The average Bonchev–Trinajstić information content (AvgIpc) is 3.23. The molecule has 1 N–H and O–H groups in total. The fourth-order valence-electron chi connectivity index (χ4n) is 3.20. The van der Waals surface area contributed by atoms with Crippen LogP contribution in [0.25, 0.3) is 0 Å². The molecule has 0 aromatic heterocycles. The molecule has 3 heteroatoms. The van der Waals surface area contributed by atoms with E-state index in [-0.39, 0.29) is 5.54 Å². The minimum absolute atomic E-state index is 0.328. The van der Waals surface area contributed by atoms with Gasteiger partial charge in [-0.15, -0.1) is 0 Å². The highest BCUT2D eigenvalue weighted by Gasteiger charge is 2.33. The van der Waals surface area contributed by atoms with E-state index < -0.39 is 0 Å². The first-order valence-corrected chi connectivity index (χ1v) is 8.10. The molecule has 108 valence electrons. The van der Waals surface area contributed by atoms with E-state index in [4.69, 9.17) is 0 Å². The Bertz CT molecular complexity index is 318. The molecule has 3 nitrogen and oxygen atoms in total. The third kappa shape index (κ3) is 4.47. The van der Waals surface area contributed by atoms with E-state index in [1.807, 2.05) is 0 Å². The summed E-state index contributed by atoms with van der Waals surface area (Å²) in [7, 11) is 0. The van der Waals surface area contributed by atoms with Gasteiger partial charge in [0.25, 0.3) is 0 Å². The molecule has 2 rings (SSSR count). The van der Waals surface area contributed by atoms with Crippen LogP contribution in [0.15, 0.2) is 0 Å². The maximum Gasteiger partial charge on any atom is 0.105 e. The first-order valence-electron chi connectivity index (χ1n) is 8.10. The van der Waals surface area contributed by atoms with E-state index in [0.29, 0.717) is 6.04 Å². The standard InChI is InChI=1S/C16H29N3/c1-3-15-7-5-4-6-11-19(15)12-10-16(2,13-17)18-14-8-9-14/h14-15,18H,3-12H2,1-2H3. The summed E-state index contributed by atoms with van der Waals surface area (Å²) < 4.78 is 0. The van der Waals surface area contributed by atoms with Gasteiger partial charge in [0.15, 0.2) is 0 Å². The molecular weight excluding hydrogens is 234 g/mol. The Morgan fingerprint density at radius 3 is 2.68 bits per heavy atom. The second kappa shape index (κ2) is 6.72. The Balaban J connectivity index is 1.85. The van der Waals surface area contributed by atoms with Crippen molar-refractivity contribution in [2.24, 2.45) is 0 Å². The molecule has 2 aliphatic rings. The van der Waals surface area contributed by atoms with Gasteiger partial charge in [0.2, 0.25) is 0 Å². The van der Waals surface area contributed by atoms with Gasteiger partial charge in [0.05, 0.1) is 6.07 Å². The lowest BCUT2D eigenvalue weighted by atomic mass is 9.98. The quantitative estimate of drug-likeness (QED) is 0.800. The summed E-state index contributed by atoms with van der Waals surface area (Å²) in [6.45, 7) is 6.67. The van der Waals surface area contributed by atoms with Crippen LogP contribution in [0.4, 0.5) is 0 Å². The molecule has 0 aromatic carbocycles. The Labute approximate surface area is 118 Å². The van der Waals surface area contributed by atoms with Gasteiger partial charge in [-0.1, -0.05) is 19.8 Å². The number of hydrogen-bond acceptors (Lipinski definition) is 3. The molecule has 0 bridgehead atoms. The zero-order chi connectivity index (χ0) is 13.7. The van der Waals surface area contributed by atoms with Gasteiger partial charge in [-0.3, -0.25) is 5.32 Å². The summed E-state index contributed by atoms with van der Waals surface area (Å²) in [4.78, 5) is 2.64. The molecule has 2 atom stereocenters. The SMILES string of the molecule is CCC1CCCCCN1CCC(C)(C#N)NC1CC1. The van der Waals surface area contributed by atoms with Gasteiger partial charge in [-0.25, -0.2) is 0 Å². The average molecular weight is 263 g/mol. The monoisotopic (exact) mass is 263 g/mol. The second-order valence-corrected chi connectivity index (χ2v) is 6.56. The highest BCUT2D eigenvalue weighted by Crippen LogP contribution is 2.25. The molecule has 0 spiro atoms. The maximum absolute atomic E-state index is 9.44. The summed E-state index contributed by atoms with van der Waals surface area (Å²) in [6.07, 6.45) is 10.1. The summed E-state index contributed by atoms with van der Waals surface area (Å²) in [6, 6.07) is 3.85. The van der Waals surface area contributed by atoms with Gasteiger partial charge in [0, 0.05) is 18.6 Å². The van der Waals surface area contributed by atoms with Crippen molar-refractivity contribution in [1.29, 1.82) is 5.26 Å². The van der Waals surface area contributed by atoms with Crippen molar-refractivity contribution in [2.75, 3.05) is 13.1 Å². The Morgan fingerprint density at radius 1 is 1.26 bits per heavy atom. The second-order valence-electron chi connectivity index (χ2n) is 6.56. The molecule has 1 aliphatic heterocycles. The van der Waals surface area contributed by atoms with E-state index in [1.165, 1.54) is 51.5 Å². The minimum Gasteiger partial charge on any atom is -0.300 e. The highest BCUT2D eigenvalue weighted by molar-refractivity contribution is 5.07. The van der Waals surface area contributed by atoms with Crippen LogP contribution in [-0.2, 0) is 0 Å². The smallest absolute Gasteiger partial charge is 0.105 e. The van der Waals surface area contributed by atoms with Gasteiger partial charge in [-0.05, 0) is 52.0 Å². The number of rotatable bonds is 6. The van der Waals surface area contributed by atoms with Crippen LogP contribution in [0.2, 0.25) is 0 Å². The molecule has 1 aliphatic carbocycles. The van der Waals surface area contributed by atoms with Crippen molar-refractivity contribution < 1.29 is 0 Å². The van der Waals surface area contributed by atoms with Crippen molar-refractivity contribution in [3.63, 3.8) is 0 Å². The molecule has 19 heavy (non-hydrogen) atoms. The van der Waals surface area contributed by atoms with Gasteiger partial charge >= 0.3 is 0 Å². The third-order valence-corrected chi connectivity index (χ3v) is 4.72.